The molecule has 0 fully saturated rings. The Balaban J connectivity index is 1.95. The first-order valence-corrected chi connectivity index (χ1v) is 9.27. The number of likely N-dealkylation sites (N-methyl/N-ethyl adjacent to an activating group) is 1. The number of hydrogen-bond acceptors (Lipinski definition) is 6. The van der Waals surface area contributed by atoms with Crippen LogP contribution in [-0.4, -0.2) is 56.9 Å². The lowest BCUT2D eigenvalue weighted by atomic mass is 10.0. The maximum atomic E-state index is 12.8. The van der Waals surface area contributed by atoms with Crippen LogP contribution < -0.4 is 5.43 Å². The third-order valence-electron chi connectivity index (χ3n) is 4.88. The van der Waals surface area contributed by atoms with Crippen molar-refractivity contribution in [1.29, 1.82) is 0 Å². The molecular formula is C20H24N6O2. The third kappa shape index (κ3) is 3.77. The molecule has 0 radical (unpaired) electrons. The topological polar surface area (TPSA) is 103 Å². The largest absolute Gasteiger partial charge is 0.358 e. The number of aromatic nitrogens is 3. The van der Waals surface area contributed by atoms with E-state index in [-0.39, 0.29) is 11.7 Å². The number of ketones is 1. The number of Topliss-reactive ketones (excluding diaryl/α,β-unsaturated/α-hetero) is 1. The van der Waals surface area contributed by atoms with E-state index in [2.05, 4.69) is 30.4 Å². The van der Waals surface area contributed by atoms with E-state index in [1.165, 1.54) is 0 Å². The van der Waals surface area contributed by atoms with Gasteiger partial charge in [0.15, 0.2) is 5.78 Å². The standard InChI is InChI=1S/C20H24N6O2/c1-5-26(6-2)11-17(27)18-12(3)15(23-13(18)4)9-14-19(24-25-20(14)28)16-10-21-7-8-22-16/h7-10,23H,5-6,11H2,1-4H3,(H,25,28)/b14-9+. The van der Waals surface area contributed by atoms with Gasteiger partial charge < -0.3 is 4.98 Å². The number of aryl methyl sites for hydroxylation is 1. The SMILES string of the molecule is CCN(CC)CC(=O)c1c(C)[nH]c(/C=C2/C(=O)NN=C2c2cnccn2)c1C. The number of nitrogens with one attached hydrogen (secondary N) is 2. The number of carbonyl (C=O) groups excluding carboxylic acids is 2. The van der Waals surface area contributed by atoms with Crippen LogP contribution in [0.25, 0.3) is 6.08 Å². The van der Waals surface area contributed by atoms with Gasteiger partial charge in [-0.25, -0.2) is 5.43 Å². The molecule has 146 valence electrons. The maximum absolute atomic E-state index is 12.8. The second kappa shape index (κ2) is 8.26. The molecule has 3 rings (SSSR count). The van der Waals surface area contributed by atoms with Crippen LogP contribution in [0.4, 0.5) is 0 Å². The Hall–Kier alpha value is -3.13. The van der Waals surface area contributed by atoms with Crippen LogP contribution in [0, 0.1) is 13.8 Å². The minimum Gasteiger partial charge on any atom is -0.358 e. The zero-order chi connectivity index (χ0) is 20.3. The molecule has 0 spiro atoms. The molecule has 0 saturated carbocycles. The molecule has 2 aromatic rings. The number of amides is 1. The molecule has 0 saturated heterocycles. The summed E-state index contributed by atoms with van der Waals surface area (Å²) in [5.41, 5.74) is 6.79. The zero-order valence-electron chi connectivity index (χ0n) is 16.5. The lowest BCUT2D eigenvalue weighted by molar-refractivity contribution is -0.116. The van der Waals surface area contributed by atoms with Crippen molar-refractivity contribution >= 4 is 23.5 Å². The van der Waals surface area contributed by atoms with E-state index in [9.17, 15) is 9.59 Å². The van der Waals surface area contributed by atoms with Gasteiger partial charge in [0.05, 0.1) is 18.3 Å². The average Bonchev–Trinajstić information content (AvgIpc) is 3.20. The van der Waals surface area contributed by atoms with Gasteiger partial charge in [-0.05, 0) is 38.6 Å². The summed E-state index contributed by atoms with van der Waals surface area (Å²) in [7, 11) is 0. The first-order valence-electron chi connectivity index (χ1n) is 9.27. The van der Waals surface area contributed by atoms with Gasteiger partial charge in [0.25, 0.3) is 5.91 Å². The molecule has 1 aliphatic heterocycles. The van der Waals surface area contributed by atoms with Crippen molar-refractivity contribution in [3.63, 3.8) is 0 Å². The van der Waals surface area contributed by atoms with Crippen molar-refractivity contribution in [3.8, 4) is 0 Å². The summed E-state index contributed by atoms with van der Waals surface area (Å²) in [6.07, 6.45) is 6.38. The second-order valence-electron chi connectivity index (χ2n) is 6.60. The van der Waals surface area contributed by atoms with Crippen molar-refractivity contribution in [3.05, 3.63) is 52.4 Å². The summed E-state index contributed by atoms with van der Waals surface area (Å²) < 4.78 is 0. The van der Waals surface area contributed by atoms with Crippen LogP contribution in [0.3, 0.4) is 0 Å². The Morgan fingerprint density at radius 3 is 2.61 bits per heavy atom. The fourth-order valence-electron chi connectivity index (χ4n) is 3.30. The highest BCUT2D eigenvalue weighted by Crippen LogP contribution is 2.23. The fraction of sp³-hybridized carbons (Fsp3) is 0.350. The van der Waals surface area contributed by atoms with Gasteiger partial charge in [0.2, 0.25) is 0 Å². The zero-order valence-corrected chi connectivity index (χ0v) is 16.5. The first kappa shape index (κ1) is 19.6. The quantitative estimate of drug-likeness (QED) is 0.564. The highest BCUT2D eigenvalue weighted by Gasteiger charge is 2.26. The minimum absolute atomic E-state index is 0.0679. The Kier molecular flexibility index (Phi) is 5.79. The van der Waals surface area contributed by atoms with E-state index >= 15 is 0 Å². The van der Waals surface area contributed by atoms with E-state index < -0.39 is 0 Å². The number of hydrogen-bond donors (Lipinski definition) is 2. The average molecular weight is 380 g/mol. The van der Waals surface area contributed by atoms with E-state index in [0.717, 1.165) is 24.3 Å². The Labute approximate surface area is 163 Å². The van der Waals surface area contributed by atoms with Crippen molar-refractivity contribution in [2.24, 2.45) is 5.10 Å². The van der Waals surface area contributed by atoms with Crippen LogP contribution >= 0.6 is 0 Å². The minimum atomic E-state index is -0.316. The molecule has 2 aromatic heterocycles. The number of nitrogens with zero attached hydrogens (tertiary/aromatic N) is 4. The molecule has 8 heteroatoms. The summed E-state index contributed by atoms with van der Waals surface area (Å²) in [5, 5.41) is 4.08. The Morgan fingerprint density at radius 1 is 1.21 bits per heavy atom. The molecule has 1 aliphatic rings. The van der Waals surface area contributed by atoms with E-state index in [1.807, 2.05) is 27.7 Å². The van der Waals surface area contributed by atoms with Crippen LogP contribution in [0.2, 0.25) is 0 Å². The Bertz CT molecular complexity index is 955. The van der Waals surface area contributed by atoms with Crippen molar-refractivity contribution in [1.82, 2.24) is 25.3 Å². The highest BCUT2D eigenvalue weighted by molar-refractivity contribution is 6.32. The summed E-state index contributed by atoms with van der Waals surface area (Å²) in [6, 6.07) is 0. The summed E-state index contributed by atoms with van der Waals surface area (Å²) >= 11 is 0. The van der Waals surface area contributed by atoms with Gasteiger partial charge in [-0.3, -0.25) is 24.5 Å². The molecule has 1 amide bonds. The number of rotatable bonds is 7. The molecule has 2 N–H and O–H groups in total. The van der Waals surface area contributed by atoms with Gasteiger partial charge in [0, 0.05) is 29.3 Å². The predicted molar refractivity (Wildman–Crippen MR) is 107 cm³/mol. The van der Waals surface area contributed by atoms with Gasteiger partial charge in [0.1, 0.15) is 11.4 Å². The van der Waals surface area contributed by atoms with Gasteiger partial charge in [-0.2, -0.15) is 5.10 Å². The normalized spacial score (nSPS) is 15.2. The maximum Gasteiger partial charge on any atom is 0.273 e. The van der Waals surface area contributed by atoms with Gasteiger partial charge >= 0.3 is 0 Å². The molecule has 28 heavy (non-hydrogen) atoms. The number of aromatic amines is 1. The Morgan fingerprint density at radius 2 is 1.96 bits per heavy atom. The highest BCUT2D eigenvalue weighted by atomic mass is 16.2. The predicted octanol–water partition coefficient (Wildman–Crippen LogP) is 1.86. The van der Waals surface area contributed by atoms with Crippen molar-refractivity contribution < 1.29 is 9.59 Å². The molecule has 0 atom stereocenters. The van der Waals surface area contributed by atoms with Crippen LogP contribution in [0.15, 0.2) is 29.3 Å². The van der Waals surface area contributed by atoms with E-state index in [0.29, 0.717) is 34.8 Å². The number of hydrazone groups is 1. The molecule has 0 bridgehead atoms. The van der Waals surface area contributed by atoms with Crippen LogP contribution in [0.5, 0.6) is 0 Å². The molecule has 0 aromatic carbocycles. The fourth-order valence-corrected chi connectivity index (χ4v) is 3.30. The molecule has 8 nitrogen and oxygen atoms in total. The van der Waals surface area contributed by atoms with Gasteiger partial charge in [-0.1, -0.05) is 13.8 Å². The smallest absolute Gasteiger partial charge is 0.273 e. The molecule has 3 heterocycles. The molecule has 0 unspecified atom stereocenters. The van der Waals surface area contributed by atoms with Gasteiger partial charge in [-0.15, -0.1) is 0 Å². The monoisotopic (exact) mass is 380 g/mol. The summed E-state index contributed by atoms with van der Waals surface area (Å²) in [5.74, 6) is -0.249. The summed E-state index contributed by atoms with van der Waals surface area (Å²) in [4.78, 5) is 38.7. The van der Waals surface area contributed by atoms with Crippen LogP contribution in [0.1, 0.15) is 46.9 Å². The number of carbonyl (C=O) groups is 2. The number of H-pyrrole nitrogens is 1. The summed E-state index contributed by atoms with van der Waals surface area (Å²) in [6.45, 7) is 9.84. The van der Waals surface area contributed by atoms with E-state index in [4.69, 9.17) is 0 Å². The first-order chi connectivity index (χ1) is 13.5. The molecular weight excluding hydrogens is 356 g/mol. The molecule has 0 aliphatic carbocycles. The third-order valence-corrected chi connectivity index (χ3v) is 4.88. The lowest BCUT2D eigenvalue weighted by Gasteiger charge is -2.17. The van der Waals surface area contributed by atoms with E-state index in [1.54, 1.807) is 24.7 Å². The van der Waals surface area contributed by atoms with Crippen molar-refractivity contribution in [2.45, 2.75) is 27.7 Å². The van der Waals surface area contributed by atoms with Crippen LogP contribution in [-0.2, 0) is 4.79 Å². The van der Waals surface area contributed by atoms with Crippen molar-refractivity contribution in [2.75, 3.05) is 19.6 Å². The lowest BCUT2D eigenvalue weighted by Crippen LogP contribution is -2.29. The second-order valence-corrected chi connectivity index (χ2v) is 6.60.